The summed E-state index contributed by atoms with van der Waals surface area (Å²) >= 11 is 0. The standard InChI is InChI=1S/C10H22N2O3S/c1-3-10(7-11)16(13,14)12-8-4-5-9(6-8)15-2/h8-10,12H,3-7,11H2,1-2H3. The normalized spacial score (nSPS) is 28.2. The Morgan fingerprint density at radius 3 is 2.62 bits per heavy atom. The van der Waals surface area contributed by atoms with Gasteiger partial charge in [-0.05, 0) is 25.7 Å². The Bertz CT molecular complexity index is 301. The van der Waals surface area contributed by atoms with E-state index in [0.29, 0.717) is 6.42 Å². The molecule has 5 nitrogen and oxygen atoms in total. The minimum absolute atomic E-state index is 0.00977. The SMILES string of the molecule is CCC(CN)S(=O)(=O)NC1CCC(OC)C1. The van der Waals surface area contributed by atoms with Gasteiger partial charge in [0.2, 0.25) is 10.0 Å². The first-order valence-corrected chi connectivity index (χ1v) is 7.32. The maximum atomic E-state index is 11.9. The molecule has 0 spiro atoms. The summed E-state index contributed by atoms with van der Waals surface area (Å²) in [4.78, 5) is 0. The van der Waals surface area contributed by atoms with Crippen LogP contribution < -0.4 is 10.5 Å². The molecule has 1 fully saturated rings. The largest absolute Gasteiger partial charge is 0.381 e. The van der Waals surface area contributed by atoms with Crippen LogP contribution in [0.3, 0.4) is 0 Å². The zero-order chi connectivity index (χ0) is 12.2. The average Bonchev–Trinajstić information content (AvgIpc) is 2.66. The van der Waals surface area contributed by atoms with E-state index in [2.05, 4.69) is 4.72 Å². The van der Waals surface area contributed by atoms with Gasteiger partial charge in [0.05, 0.1) is 11.4 Å². The van der Waals surface area contributed by atoms with Crippen LogP contribution in [0.1, 0.15) is 32.6 Å². The summed E-state index contributed by atoms with van der Waals surface area (Å²) in [6.45, 7) is 2.01. The Morgan fingerprint density at radius 1 is 1.50 bits per heavy atom. The second kappa shape index (κ2) is 5.95. The molecule has 3 unspecified atom stereocenters. The number of nitrogens with two attached hydrogens (primary N) is 1. The van der Waals surface area contributed by atoms with Crippen molar-refractivity contribution in [2.75, 3.05) is 13.7 Å². The molecule has 0 aromatic carbocycles. The number of hydrogen-bond acceptors (Lipinski definition) is 4. The summed E-state index contributed by atoms with van der Waals surface area (Å²) in [5.74, 6) is 0. The smallest absolute Gasteiger partial charge is 0.215 e. The molecule has 0 aromatic rings. The molecule has 0 saturated heterocycles. The lowest BCUT2D eigenvalue weighted by Gasteiger charge is -2.18. The highest BCUT2D eigenvalue weighted by atomic mass is 32.2. The van der Waals surface area contributed by atoms with E-state index in [9.17, 15) is 8.42 Å². The fraction of sp³-hybridized carbons (Fsp3) is 1.00. The predicted molar refractivity (Wildman–Crippen MR) is 63.6 cm³/mol. The van der Waals surface area contributed by atoms with E-state index in [1.807, 2.05) is 6.92 Å². The highest BCUT2D eigenvalue weighted by molar-refractivity contribution is 7.90. The maximum Gasteiger partial charge on any atom is 0.215 e. The minimum Gasteiger partial charge on any atom is -0.381 e. The molecule has 0 amide bonds. The molecule has 0 heterocycles. The van der Waals surface area contributed by atoms with Gasteiger partial charge in [-0.25, -0.2) is 13.1 Å². The van der Waals surface area contributed by atoms with E-state index in [0.717, 1.165) is 19.3 Å². The lowest BCUT2D eigenvalue weighted by Crippen LogP contribution is -2.43. The molecular weight excluding hydrogens is 228 g/mol. The van der Waals surface area contributed by atoms with Crippen LogP contribution in [0, 0.1) is 0 Å². The zero-order valence-corrected chi connectivity index (χ0v) is 10.8. The molecule has 1 saturated carbocycles. The van der Waals surface area contributed by atoms with Gasteiger partial charge in [-0.3, -0.25) is 0 Å². The van der Waals surface area contributed by atoms with Crippen LogP contribution in [0.2, 0.25) is 0 Å². The van der Waals surface area contributed by atoms with Gasteiger partial charge >= 0.3 is 0 Å². The lowest BCUT2D eigenvalue weighted by atomic mass is 10.3. The number of hydrogen-bond donors (Lipinski definition) is 2. The van der Waals surface area contributed by atoms with Crippen molar-refractivity contribution >= 4 is 10.0 Å². The van der Waals surface area contributed by atoms with Gasteiger partial charge in [-0.15, -0.1) is 0 Å². The monoisotopic (exact) mass is 250 g/mol. The van der Waals surface area contributed by atoms with Crippen LogP contribution in [-0.4, -0.2) is 39.5 Å². The fourth-order valence-electron chi connectivity index (χ4n) is 2.10. The number of methoxy groups -OCH3 is 1. The average molecular weight is 250 g/mol. The molecule has 0 radical (unpaired) electrons. The topological polar surface area (TPSA) is 81.4 Å². The van der Waals surface area contributed by atoms with E-state index in [1.54, 1.807) is 7.11 Å². The van der Waals surface area contributed by atoms with Crippen LogP contribution >= 0.6 is 0 Å². The predicted octanol–water partition coefficient (Wildman–Crippen LogP) is 0.211. The van der Waals surface area contributed by atoms with Crippen LogP contribution in [0.15, 0.2) is 0 Å². The summed E-state index contributed by atoms with van der Waals surface area (Å²) < 4.78 is 31.8. The second-order valence-electron chi connectivity index (χ2n) is 4.30. The maximum absolute atomic E-state index is 11.9. The van der Waals surface area contributed by atoms with E-state index in [-0.39, 0.29) is 18.7 Å². The quantitative estimate of drug-likeness (QED) is 0.706. The highest BCUT2D eigenvalue weighted by Gasteiger charge is 2.30. The third-order valence-electron chi connectivity index (χ3n) is 3.21. The van der Waals surface area contributed by atoms with E-state index >= 15 is 0 Å². The third-order valence-corrected chi connectivity index (χ3v) is 5.27. The molecule has 3 atom stereocenters. The van der Waals surface area contributed by atoms with Crippen molar-refractivity contribution < 1.29 is 13.2 Å². The second-order valence-corrected chi connectivity index (χ2v) is 6.29. The molecule has 16 heavy (non-hydrogen) atoms. The van der Waals surface area contributed by atoms with Gasteiger partial charge in [-0.2, -0.15) is 0 Å². The molecule has 1 aliphatic carbocycles. The van der Waals surface area contributed by atoms with Crippen LogP contribution in [0.25, 0.3) is 0 Å². The Hall–Kier alpha value is -0.170. The van der Waals surface area contributed by atoms with E-state index in [1.165, 1.54) is 0 Å². The molecule has 1 rings (SSSR count). The molecule has 1 aliphatic rings. The van der Waals surface area contributed by atoms with E-state index in [4.69, 9.17) is 10.5 Å². The van der Waals surface area contributed by atoms with Crippen LogP contribution in [-0.2, 0) is 14.8 Å². The number of sulfonamides is 1. The zero-order valence-electron chi connectivity index (χ0n) is 9.98. The van der Waals surface area contributed by atoms with Gasteiger partial charge in [0, 0.05) is 19.7 Å². The molecular formula is C10H22N2O3S. The molecule has 96 valence electrons. The summed E-state index contributed by atoms with van der Waals surface area (Å²) in [5.41, 5.74) is 5.45. The molecule has 0 aromatic heterocycles. The Balaban J connectivity index is 2.53. The number of nitrogens with one attached hydrogen (secondary N) is 1. The fourth-order valence-corrected chi connectivity index (χ4v) is 3.67. The van der Waals surface area contributed by atoms with E-state index < -0.39 is 15.3 Å². The van der Waals surface area contributed by atoms with Crippen molar-refractivity contribution in [2.24, 2.45) is 5.73 Å². The van der Waals surface area contributed by atoms with Crippen molar-refractivity contribution in [3.63, 3.8) is 0 Å². The summed E-state index contributed by atoms with van der Waals surface area (Å²) in [6, 6.07) is 0.00977. The summed E-state index contributed by atoms with van der Waals surface area (Å²) in [7, 11) is -1.61. The van der Waals surface area contributed by atoms with Crippen molar-refractivity contribution in [1.82, 2.24) is 4.72 Å². The molecule has 0 aliphatic heterocycles. The highest BCUT2D eigenvalue weighted by Crippen LogP contribution is 2.22. The third kappa shape index (κ3) is 3.41. The molecule has 6 heteroatoms. The first-order chi connectivity index (χ1) is 7.53. The van der Waals surface area contributed by atoms with Gasteiger partial charge in [-0.1, -0.05) is 6.92 Å². The molecule has 0 bridgehead atoms. The first kappa shape index (κ1) is 13.9. The van der Waals surface area contributed by atoms with Gasteiger partial charge in [0.25, 0.3) is 0 Å². The Kier molecular flexibility index (Phi) is 5.17. The van der Waals surface area contributed by atoms with Crippen molar-refractivity contribution in [1.29, 1.82) is 0 Å². The Labute approximate surface area is 97.8 Å². The molecule has 3 N–H and O–H groups in total. The minimum atomic E-state index is -3.27. The lowest BCUT2D eigenvalue weighted by molar-refractivity contribution is 0.107. The Morgan fingerprint density at radius 2 is 2.19 bits per heavy atom. The first-order valence-electron chi connectivity index (χ1n) is 5.77. The number of ether oxygens (including phenoxy) is 1. The summed E-state index contributed by atoms with van der Waals surface area (Å²) in [6.07, 6.45) is 3.26. The van der Waals surface area contributed by atoms with Gasteiger partial charge < -0.3 is 10.5 Å². The van der Waals surface area contributed by atoms with Crippen molar-refractivity contribution in [3.05, 3.63) is 0 Å². The van der Waals surface area contributed by atoms with Crippen LogP contribution in [0.4, 0.5) is 0 Å². The van der Waals surface area contributed by atoms with Crippen molar-refractivity contribution in [3.8, 4) is 0 Å². The number of rotatable bonds is 6. The summed E-state index contributed by atoms with van der Waals surface area (Å²) in [5, 5.41) is -0.478. The van der Waals surface area contributed by atoms with Gasteiger partial charge in [0.1, 0.15) is 0 Å². The van der Waals surface area contributed by atoms with Crippen LogP contribution in [0.5, 0.6) is 0 Å². The van der Waals surface area contributed by atoms with Crippen molar-refractivity contribution in [2.45, 2.75) is 50.0 Å². The van der Waals surface area contributed by atoms with Gasteiger partial charge in [0.15, 0.2) is 0 Å².